The zero-order valence-corrected chi connectivity index (χ0v) is 9.89. The number of nitrogens with zero attached hydrogens (tertiary/aromatic N) is 1. The van der Waals surface area contributed by atoms with E-state index in [4.69, 9.17) is 5.11 Å². The Morgan fingerprint density at radius 1 is 1.12 bits per heavy atom. The van der Waals surface area contributed by atoms with Gasteiger partial charge in [0.15, 0.2) is 0 Å². The van der Waals surface area contributed by atoms with Gasteiger partial charge in [0, 0.05) is 13.1 Å². The minimum absolute atomic E-state index is 0.196. The zero-order valence-electron chi connectivity index (χ0n) is 9.89. The first-order chi connectivity index (χ1) is 7.76. The Morgan fingerprint density at radius 3 is 2.38 bits per heavy atom. The molecule has 1 aromatic rings. The monoisotopic (exact) mass is 223 g/mol. The lowest BCUT2D eigenvalue weighted by Gasteiger charge is -2.21. The molecule has 1 aromatic carbocycles. The number of aliphatic hydroxyl groups is 1. The molecule has 16 heavy (non-hydrogen) atoms. The topological polar surface area (TPSA) is 43.7 Å². The van der Waals surface area contributed by atoms with Crippen LogP contribution < -0.4 is 0 Å². The lowest BCUT2D eigenvalue weighted by molar-refractivity contribution is 0.188. The van der Waals surface area contributed by atoms with Crippen molar-refractivity contribution in [3.8, 4) is 5.75 Å². The molecule has 0 fully saturated rings. The van der Waals surface area contributed by atoms with Crippen LogP contribution in [0.1, 0.15) is 25.3 Å². The van der Waals surface area contributed by atoms with E-state index in [1.54, 1.807) is 12.1 Å². The van der Waals surface area contributed by atoms with Crippen molar-refractivity contribution in [2.75, 3.05) is 19.7 Å². The summed E-state index contributed by atoms with van der Waals surface area (Å²) in [4.78, 5) is 2.23. The number of phenols is 1. The van der Waals surface area contributed by atoms with Crippen molar-refractivity contribution in [3.05, 3.63) is 29.8 Å². The molecule has 0 bridgehead atoms. The van der Waals surface area contributed by atoms with Crippen molar-refractivity contribution >= 4 is 0 Å². The van der Waals surface area contributed by atoms with E-state index in [0.29, 0.717) is 12.3 Å². The Kier molecular flexibility index (Phi) is 5.90. The first kappa shape index (κ1) is 13.0. The van der Waals surface area contributed by atoms with E-state index < -0.39 is 0 Å². The number of benzene rings is 1. The number of hydrogen-bond donors (Lipinski definition) is 2. The highest BCUT2D eigenvalue weighted by Crippen LogP contribution is 2.11. The van der Waals surface area contributed by atoms with Crippen molar-refractivity contribution in [1.82, 2.24) is 4.90 Å². The molecule has 0 unspecified atom stereocenters. The highest BCUT2D eigenvalue weighted by atomic mass is 16.3. The molecule has 1 rings (SSSR count). The van der Waals surface area contributed by atoms with Crippen LogP contribution in [0.25, 0.3) is 0 Å². The Bertz CT molecular complexity index is 284. The lowest BCUT2D eigenvalue weighted by Crippen LogP contribution is -2.27. The molecule has 90 valence electrons. The standard InChI is InChI=1S/C13H21NO2/c1-2-3-8-14(9-10-15)11-12-4-6-13(16)7-5-12/h4-7,15-16H,2-3,8-11H2,1H3. The third kappa shape index (κ3) is 4.64. The number of hydrogen-bond acceptors (Lipinski definition) is 3. The second-order valence-corrected chi connectivity index (χ2v) is 4.02. The van der Waals surface area contributed by atoms with Crippen LogP contribution in [-0.2, 0) is 6.54 Å². The molecule has 0 atom stereocenters. The van der Waals surface area contributed by atoms with Gasteiger partial charge in [-0.25, -0.2) is 0 Å². The van der Waals surface area contributed by atoms with Crippen LogP contribution >= 0.6 is 0 Å². The smallest absolute Gasteiger partial charge is 0.115 e. The predicted molar refractivity (Wildman–Crippen MR) is 65.4 cm³/mol. The molecular weight excluding hydrogens is 202 g/mol. The quantitative estimate of drug-likeness (QED) is 0.743. The van der Waals surface area contributed by atoms with Gasteiger partial charge in [-0.3, -0.25) is 4.90 Å². The molecule has 0 aliphatic rings. The maximum atomic E-state index is 9.18. The molecule has 0 amide bonds. The molecule has 0 aliphatic heterocycles. The first-order valence-electron chi connectivity index (χ1n) is 5.87. The zero-order chi connectivity index (χ0) is 11.8. The maximum absolute atomic E-state index is 9.18. The van der Waals surface area contributed by atoms with E-state index in [9.17, 15) is 5.11 Å². The van der Waals surface area contributed by atoms with Gasteiger partial charge in [-0.2, -0.15) is 0 Å². The van der Waals surface area contributed by atoms with Crippen LogP contribution in [0.15, 0.2) is 24.3 Å². The molecule has 0 spiro atoms. The van der Waals surface area contributed by atoms with Gasteiger partial charge in [-0.1, -0.05) is 25.5 Å². The second-order valence-electron chi connectivity index (χ2n) is 4.02. The largest absolute Gasteiger partial charge is 0.508 e. The Balaban J connectivity index is 2.49. The van der Waals surface area contributed by atoms with Gasteiger partial charge in [-0.15, -0.1) is 0 Å². The van der Waals surface area contributed by atoms with Crippen LogP contribution in [0.4, 0.5) is 0 Å². The van der Waals surface area contributed by atoms with Gasteiger partial charge in [-0.05, 0) is 30.7 Å². The van der Waals surface area contributed by atoms with Gasteiger partial charge >= 0.3 is 0 Å². The normalized spacial score (nSPS) is 10.9. The molecule has 0 saturated carbocycles. The average Bonchev–Trinajstić information content (AvgIpc) is 2.29. The number of aliphatic hydroxyl groups excluding tert-OH is 1. The highest BCUT2D eigenvalue weighted by molar-refractivity contribution is 5.25. The van der Waals surface area contributed by atoms with Gasteiger partial charge in [0.05, 0.1) is 6.61 Å². The van der Waals surface area contributed by atoms with E-state index in [1.807, 2.05) is 12.1 Å². The van der Waals surface area contributed by atoms with E-state index in [-0.39, 0.29) is 6.61 Å². The second kappa shape index (κ2) is 7.25. The van der Waals surface area contributed by atoms with Crippen molar-refractivity contribution in [3.63, 3.8) is 0 Å². The summed E-state index contributed by atoms with van der Waals surface area (Å²) in [7, 11) is 0. The van der Waals surface area contributed by atoms with Crippen LogP contribution in [0.2, 0.25) is 0 Å². The van der Waals surface area contributed by atoms with Crippen molar-refractivity contribution in [2.45, 2.75) is 26.3 Å². The van der Waals surface area contributed by atoms with E-state index in [1.165, 1.54) is 5.56 Å². The summed E-state index contributed by atoms with van der Waals surface area (Å²) in [6.07, 6.45) is 2.32. The predicted octanol–water partition coefficient (Wildman–Crippen LogP) is 1.99. The minimum atomic E-state index is 0.196. The average molecular weight is 223 g/mol. The summed E-state index contributed by atoms with van der Waals surface area (Å²) >= 11 is 0. The van der Waals surface area contributed by atoms with Gasteiger partial charge in [0.2, 0.25) is 0 Å². The van der Waals surface area contributed by atoms with Crippen molar-refractivity contribution in [2.24, 2.45) is 0 Å². The van der Waals surface area contributed by atoms with E-state index in [2.05, 4.69) is 11.8 Å². The summed E-state index contributed by atoms with van der Waals surface area (Å²) < 4.78 is 0. The molecule has 0 heterocycles. The molecule has 0 radical (unpaired) electrons. The molecule has 0 saturated heterocycles. The van der Waals surface area contributed by atoms with Crippen LogP contribution in [0.3, 0.4) is 0 Å². The fraction of sp³-hybridized carbons (Fsp3) is 0.538. The Morgan fingerprint density at radius 2 is 1.81 bits per heavy atom. The molecule has 3 heteroatoms. The Hall–Kier alpha value is -1.06. The van der Waals surface area contributed by atoms with Gasteiger partial charge in [0.25, 0.3) is 0 Å². The number of unbranched alkanes of at least 4 members (excludes halogenated alkanes) is 1. The van der Waals surface area contributed by atoms with Crippen LogP contribution in [0.5, 0.6) is 5.75 Å². The van der Waals surface area contributed by atoms with Gasteiger partial charge < -0.3 is 10.2 Å². The maximum Gasteiger partial charge on any atom is 0.115 e. The molecule has 0 aromatic heterocycles. The summed E-state index contributed by atoms with van der Waals surface area (Å²) in [6, 6.07) is 7.25. The lowest BCUT2D eigenvalue weighted by atomic mass is 10.2. The third-order valence-corrected chi connectivity index (χ3v) is 2.59. The minimum Gasteiger partial charge on any atom is -0.508 e. The fourth-order valence-corrected chi connectivity index (χ4v) is 1.65. The van der Waals surface area contributed by atoms with Crippen LogP contribution in [-0.4, -0.2) is 34.8 Å². The Labute approximate surface area is 97.3 Å². The first-order valence-corrected chi connectivity index (χ1v) is 5.87. The number of phenolic OH excluding ortho intramolecular Hbond substituents is 1. The number of aromatic hydroxyl groups is 1. The van der Waals surface area contributed by atoms with Crippen molar-refractivity contribution < 1.29 is 10.2 Å². The van der Waals surface area contributed by atoms with E-state index in [0.717, 1.165) is 25.9 Å². The van der Waals surface area contributed by atoms with Gasteiger partial charge in [0.1, 0.15) is 5.75 Å². The number of rotatable bonds is 7. The third-order valence-electron chi connectivity index (χ3n) is 2.59. The summed E-state index contributed by atoms with van der Waals surface area (Å²) in [5.41, 5.74) is 1.17. The summed E-state index contributed by atoms with van der Waals surface area (Å²) in [5, 5.41) is 18.2. The van der Waals surface area contributed by atoms with E-state index >= 15 is 0 Å². The summed E-state index contributed by atoms with van der Waals surface area (Å²) in [5.74, 6) is 0.297. The highest BCUT2D eigenvalue weighted by Gasteiger charge is 2.04. The van der Waals surface area contributed by atoms with Crippen LogP contribution in [0, 0.1) is 0 Å². The SMILES string of the molecule is CCCCN(CCO)Cc1ccc(O)cc1. The molecule has 2 N–H and O–H groups in total. The fourth-order valence-electron chi connectivity index (χ4n) is 1.65. The van der Waals surface area contributed by atoms with Crippen molar-refractivity contribution in [1.29, 1.82) is 0 Å². The molecule has 3 nitrogen and oxygen atoms in total. The summed E-state index contributed by atoms with van der Waals surface area (Å²) in [6.45, 7) is 4.92. The molecular formula is C13H21NO2. The molecule has 0 aliphatic carbocycles.